The van der Waals surface area contributed by atoms with Crippen LogP contribution >= 0.6 is 0 Å². The van der Waals surface area contributed by atoms with E-state index in [0.717, 1.165) is 18.5 Å². The molecule has 0 atom stereocenters. The van der Waals surface area contributed by atoms with Gasteiger partial charge in [-0.3, -0.25) is 9.69 Å². The van der Waals surface area contributed by atoms with Crippen molar-refractivity contribution in [2.45, 2.75) is 31.7 Å². The molecule has 0 bridgehead atoms. The summed E-state index contributed by atoms with van der Waals surface area (Å²) in [5.74, 6) is 0.142. The number of Topliss-reactive ketones (excluding diaryl/α,β-unsaturated/α-hetero) is 1. The van der Waals surface area contributed by atoms with Gasteiger partial charge >= 0.3 is 0 Å². The van der Waals surface area contributed by atoms with E-state index in [0.29, 0.717) is 19.1 Å². The zero-order valence-electron chi connectivity index (χ0n) is 11.0. The Morgan fingerprint density at radius 2 is 2.22 bits per heavy atom. The van der Waals surface area contributed by atoms with E-state index in [1.807, 2.05) is 29.9 Å². The van der Waals surface area contributed by atoms with Gasteiger partial charge in [-0.1, -0.05) is 12.8 Å². The van der Waals surface area contributed by atoms with Gasteiger partial charge in [-0.15, -0.1) is 0 Å². The van der Waals surface area contributed by atoms with Crippen LogP contribution in [0.4, 0.5) is 0 Å². The average Bonchev–Trinajstić information content (AvgIpc) is 2.98. The minimum Gasteiger partial charge on any atom is -0.395 e. The molecular formula is C14H22N2O2. The molecule has 1 N–H and O–H groups in total. The maximum Gasteiger partial charge on any atom is 0.193 e. The van der Waals surface area contributed by atoms with Crippen molar-refractivity contribution in [3.63, 3.8) is 0 Å². The van der Waals surface area contributed by atoms with E-state index in [1.54, 1.807) is 0 Å². The topological polar surface area (TPSA) is 45.5 Å². The van der Waals surface area contributed by atoms with Gasteiger partial charge in [-0.05, 0) is 25.0 Å². The number of aliphatic hydroxyl groups is 1. The summed E-state index contributed by atoms with van der Waals surface area (Å²) in [4.78, 5) is 14.4. The fourth-order valence-electron chi connectivity index (χ4n) is 2.80. The van der Waals surface area contributed by atoms with Crippen LogP contribution < -0.4 is 0 Å². The maximum absolute atomic E-state index is 12.2. The number of carbonyl (C=O) groups is 1. The van der Waals surface area contributed by atoms with E-state index < -0.39 is 0 Å². The summed E-state index contributed by atoms with van der Waals surface area (Å²) in [6.07, 6.45) is 6.68. The summed E-state index contributed by atoms with van der Waals surface area (Å²) in [5, 5.41) is 9.14. The first-order valence-corrected chi connectivity index (χ1v) is 6.72. The van der Waals surface area contributed by atoms with E-state index in [2.05, 4.69) is 4.90 Å². The predicted octanol–water partition coefficient (Wildman–Crippen LogP) is 1.44. The SMILES string of the molecule is Cn1cccc1C(=O)CN(CCO)C1CCCC1. The van der Waals surface area contributed by atoms with Crippen LogP contribution in [0.25, 0.3) is 0 Å². The van der Waals surface area contributed by atoms with E-state index in [4.69, 9.17) is 5.11 Å². The van der Waals surface area contributed by atoms with E-state index in [1.165, 1.54) is 12.8 Å². The molecule has 0 unspecified atom stereocenters. The van der Waals surface area contributed by atoms with Crippen molar-refractivity contribution in [1.29, 1.82) is 0 Å². The Kier molecular flexibility index (Phi) is 4.55. The predicted molar refractivity (Wildman–Crippen MR) is 70.7 cm³/mol. The summed E-state index contributed by atoms with van der Waals surface area (Å²) >= 11 is 0. The van der Waals surface area contributed by atoms with Crippen LogP contribution in [-0.2, 0) is 7.05 Å². The molecule has 0 amide bonds. The van der Waals surface area contributed by atoms with Crippen molar-refractivity contribution in [2.75, 3.05) is 19.7 Å². The van der Waals surface area contributed by atoms with Crippen LogP contribution in [0.3, 0.4) is 0 Å². The molecule has 1 aromatic rings. The minimum absolute atomic E-state index is 0.122. The van der Waals surface area contributed by atoms with Gasteiger partial charge in [0.15, 0.2) is 5.78 Å². The van der Waals surface area contributed by atoms with Gasteiger partial charge < -0.3 is 9.67 Å². The van der Waals surface area contributed by atoms with Gasteiger partial charge in [0.2, 0.25) is 0 Å². The monoisotopic (exact) mass is 250 g/mol. The van der Waals surface area contributed by atoms with Gasteiger partial charge in [0, 0.05) is 25.8 Å². The first kappa shape index (κ1) is 13.3. The van der Waals surface area contributed by atoms with Crippen LogP contribution in [-0.4, -0.2) is 46.1 Å². The lowest BCUT2D eigenvalue weighted by Gasteiger charge is -2.27. The standard InChI is InChI=1S/C14H22N2O2/c1-15-8-4-7-13(15)14(18)11-16(9-10-17)12-5-2-3-6-12/h4,7-8,12,17H,2-3,5-6,9-11H2,1H3. The number of rotatable bonds is 6. The largest absolute Gasteiger partial charge is 0.395 e. The first-order valence-electron chi connectivity index (χ1n) is 6.72. The fourth-order valence-corrected chi connectivity index (χ4v) is 2.80. The first-order chi connectivity index (χ1) is 8.72. The lowest BCUT2D eigenvalue weighted by molar-refractivity contribution is 0.0855. The maximum atomic E-state index is 12.2. The molecule has 100 valence electrons. The normalized spacial score (nSPS) is 16.6. The molecule has 4 nitrogen and oxygen atoms in total. The Bertz CT molecular complexity index is 394. The van der Waals surface area contributed by atoms with E-state index in [-0.39, 0.29) is 12.4 Å². The van der Waals surface area contributed by atoms with Gasteiger partial charge in [-0.25, -0.2) is 0 Å². The molecule has 0 aromatic carbocycles. The van der Waals surface area contributed by atoms with Crippen molar-refractivity contribution in [3.8, 4) is 0 Å². The number of ketones is 1. The molecule has 0 saturated heterocycles. The second-order valence-electron chi connectivity index (χ2n) is 5.06. The number of aryl methyl sites for hydroxylation is 1. The summed E-state index contributed by atoms with van der Waals surface area (Å²) in [7, 11) is 1.89. The van der Waals surface area contributed by atoms with Crippen molar-refractivity contribution in [2.24, 2.45) is 7.05 Å². The summed E-state index contributed by atoms with van der Waals surface area (Å²) in [6, 6.07) is 4.22. The molecule has 0 aliphatic heterocycles. The molecule has 1 aromatic heterocycles. The van der Waals surface area contributed by atoms with Crippen LogP contribution in [0, 0.1) is 0 Å². The van der Waals surface area contributed by atoms with Gasteiger partial charge in [0.25, 0.3) is 0 Å². The third kappa shape index (κ3) is 3.00. The van der Waals surface area contributed by atoms with E-state index >= 15 is 0 Å². The second kappa shape index (κ2) is 6.16. The van der Waals surface area contributed by atoms with Crippen LogP contribution in [0.2, 0.25) is 0 Å². The summed E-state index contributed by atoms with van der Waals surface area (Å²) < 4.78 is 1.86. The smallest absolute Gasteiger partial charge is 0.193 e. The Labute approximate surface area is 108 Å². The third-order valence-electron chi connectivity index (χ3n) is 3.80. The molecule has 4 heteroatoms. The van der Waals surface area contributed by atoms with Gasteiger partial charge in [0.05, 0.1) is 18.8 Å². The fraction of sp³-hybridized carbons (Fsp3) is 0.643. The Morgan fingerprint density at radius 3 is 2.78 bits per heavy atom. The number of aromatic nitrogens is 1. The minimum atomic E-state index is 0.122. The Balaban J connectivity index is 2.00. The highest BCUT2D eigenvalue weighted by Crippen LogP contribution is 2.23. The number of carbonyl (C=O) groups excluding carboxylic acids is 1. The summed E-state index contributed by atoms with van der Waals surface area (Å²) in [6.45, 7) is 1.14. The molecule has 1 aliphatic rings. The quantitative estimate of drug-likeness (QED) is 0.777. The Morgan fingerprint density at radius 1 is 1.50 bits per heavy atom. The van der Waals surface area contributed by atoms with E-state index in [9.17, 15) is 4.79 Å². The van der Waals surface area contributed by atoms with Crippen molar-refractivity contribution < 1.29 is 9.90 Å². The molecule has 1 fully saturated rings. The second-order valence-corrected chi connectivity index (χ2v) is 5.06. The molecule has 1 saturated carbocycles. The molecule has 2 rings (SSSR count). The zero-order valence-corrected chi connectivity index (χ0v) is 11.0. The molecular weight excluding hydrogens is 228 g/mol. The van der Waals surface area contributed by atoms with Crippen LogP contribution in [0.15, 0.2) is 18.3 Å². The van der Waals surface area contributed by atoms with Gasteiger partial charge in [-0.2, -0.15) is 0 Å². The number of aliphatic hydroxyl groups excluding tert-OH is 1. The Hall–Kier alpha value is -1.13. The zero-order chi connectivity index (χ0) is 13.0. The molecule has 1 heterocycles. The highest BCUT2D eigenvalue weighted by molar-refractivity contribution is 5.96. The molecule has 1 aliphatic carbocycles. The average molecular weight is 250 g/mol. The summed E-state index contributed by atoms with van der Waals surface area (Å²) in [5.41, 5.74) is 0.746. The highest BCUT2D eigenvalue weighted by atomic mass is 16.3. The lowest BCUT2D eigenvalue weighted by atomic mass is 10.1. The third-order valence-corrected chi connectivity index (χ3v) is 3.80. The van der Waals surface area contributed by atoms with Crippen molar-refractivity contribution >= 4 is 5.78 Å². The van der Waals surface area contributed by atoms with Crippen LogP contribution in [0.5, 0.6) is 0 Å². The lowest BCUT2D eigenvalue weighted by Crippen LogP contribution is -2.39. The van der Waals surface area contributed by atoms with Gasteiger partial charge in [0.1, 0.15) is 0 Å². The molecule has 18 heavy (non-hydrogen) atoms. The molecule has 0 radical (unpaired) electrons. The van der Waals surface area contributed by atoms with Crippen LogP contribution in [0.1, 0.15) is 36.2 Å². The number of hydrogen-bond acceptors (Lipinski definition) is 3. The van der Waals surface area contributed by atoms with Crippen molar-refractivity contribution in [1.82, 2.24) is 9.47 Å². The van der Waals surface area contributed by atoms with Crippen molar-refractivity contribution in [3.05, 3.63) is 24.0 Å². The highest BCUT2D eigenvalue weighted by Gasteiger charge is 2.24. The molecule has 0 spiro atoms. The number of hydrogen-bond donors (Lipinski definition) is 1. The number of nitrogens with zero attached hydrogens (tertiary/aromatic N) is 2.